The summed E-state index contributed by atoms with van der Waals surface area (Å²) in [4.78, 5) is 11.1. The number of ether oxygens (including phenoxy) is 1. The molecule has 2 atom stereocenters. The Morgan fingerprint density at radius 1 is 1.17 bits per heavy atom. The van der Waals surface area contributed by atoms with Crippen LogP contribution in [0.1, 0.15) is 23.2 Å². The maximum Gasteiger partial charge on any atom is 0.217 e. The van der Waals surface area contributed by atoms with Gasteiger partial charge in [-0.3, -0.25) is 0 Å². The van der Waals surface area contributed by atoms with E-state index in [0.717, 1.165) is 28.8 Å². The van der Waals surface area contributed by atoms with Crippen molar-refractivity contribution in [2.45, 2.75) is 31.3 Å². The summed E-state index contributed by atoms with van der Waals surface area (Å²) < 4.78 is 6.18. The molecule has 1 saturated heterocycles. The second-order valence-electron chi connectivity index (χ2n) is 6.38. The van der Waals surface area contributed by atoms with Crippen molar-refractivity contribution in [2.75, 3.05) is 31.3 Å². The van der Waals surface area contributed by atoms with Gasteiger partial charge in [0, 0.05) is 42.5 Å². The van der Waals surface area contributed by atoms with Gasteiger partial charge in [0.1, 0.15) is 12.6 Å². The lowest BCUT2D eigenvalue weighted by atomic mass is 10.2. The molecule has 0 amide bonds. The molecule has 5 nitrogen and oxygen atoms in total. The smallest absolute Gasteiger partial charge is 0.217 e. The van der Waals surface area contributed by atoms with Crippen LogP contribution in [0.4, 0.5) is 5.69 Å². The number of nitrogens with zero attached hydrogens (tertiary/aromatic N) is 3. The third-order valence-corrected chi connectivity index (χ3v) is 5.03. The van der Waals surface area contributed by atoms with Crippen LogP contribution in [-0.4, -0.2) is 42.5 Å². The predicted octanol–water partition coefficient (Wildman–Crippen LogP) is 1.91. The van der Waals surface area contributed by atoms with Crippen molar-refractivity contribution in [3.8, 4) is 0 Å². The van der Waals surface area contributed by atoms with Gasteiger partial charge in [-0.2, -0.15) is 0 Å². The standard InChI is InChI=1S/C18H24N4OS/c1-12-9-13(2)21-18(20-12)24-11-16-10-19-17(23-16)14-5-7-15(8-6-14)22(3)4/h5-9,16-17,19H,10-11H2,1-4H3/p+1/t16-,17+/m0/s1. The van der Waals surface area contributed by atoms with Gasteiger partial charge in [0.25, 0.3) is 0 Å². The van der Waals surface area contributed by atoms with Crippen molar-refractivity contribution in [3.05, 3.63) is 47.3 Å². The van der Waals surface area contributed by atoms with E-state index in [1.165, 1.54) is 11.3 Å². The molecule has 0 unspecified atom stereocenters. The molecule has 1 fully saturated rings. The van der Waals surface area contributed by atoms with Gasteiger partial charge in [0.15, 0.2) is 5.16 Å². The van der Waals surface area contributed by atoms with Crippen molar-refractivity contribution >= 4 is 17.4 Å². The molecule has 1 aromatic carbocycles. The fraction of sp³-hybridized carbons (Fsp3) is 0.444. The second kappa shape index (κ2) is 7.51. The highest BCUT2D eigenvalue weighted by atomic mass is 32.2. The molecule has 0 bridgehead atoms. The van der Waals surface area contributed by atoms with Gasteiger partial charge in [0.05, 0.1) is 0 Å². The van der Waals surface area contributed by atoms with Gasteiger partial charge < -0.3 is 15.0 Å². The number of aromatic nitrogens is 2. The van der Waals surface area contributed by atoms with Crippen LogP contribution < -0.4 is 10.2 Å². The van der Waals surface area contributed by atoms with Crippen LogP contribution in [0.15, 0.2) is 35.5 Å². The molecule has 2 aromatic rings. The summed E-state index contributed by atoms with van der Waals surface area (Å²) in [7, 11) is 4.10. The maximum absolute atomic E-state index is 6.18. The Morgan fingerprint density at radius 3 is 2.46 bits per heavy atom. The lowest BCUT2D eigenvalue weighted by Gasteiger charge is -2.14. The summed E-state index contributed by atoms with van der Waals surface area (Å²) in [6.45, 7) is 4.98. The number of anilines is 1. The van der Waals surface area contributed by atoms with E-state index in [1.54, 1.807) is 11.8 Å². The van der Waals surface area contributed by atoms with E-state index in [4.69, 9.17) is 4.74 Å². The molecule has 0 aliphatic carbocycles. The van der Waals surface area contributed by atoms with Gasteiger partial charge in [-0.1, -0.05) is 11.8 Å². The Kier molecular flexibility index (Phi) is 5.38. The van der Waals surface area contributed by atoms with E-state index in [9.17, 15) is 0 Å². The third-order valence-electron chi connectivity index (χ3n) is 4.05. The Hall–Kier alpha value is -1.63. The third kappa shape index (κ3) is 4.26. The average molecular weight is 345 g/mol. The van der Waals surface area contributed by atoms with E-state index >= 15 is 0 Å². The van der Waals surface area contributed by atoms with Crippen LogP contribution in [0.3, 0.4) is 0 Å². The van der Waals surface area contributed by atoms with Gasteiger partial charge in [-0.05, 0) is 44.2 Å². The number of thioether (sulfide) groups is 1. The Balaban J connectivity index is 1.55. The number of benzene rings is 1. The molecule has 1 aliphatic rings. The summed E-state index contributed by atoms with van der Waals surface area (Å²) in [5.74, 6) is 0.881. The minimum atomic E-state index is 0.0898. The minimum absolute atomic E-state index is 0.0898. The van der Waals surface area contributed by atoms with Gasteiger partial charge in [-0.25, -0.2) is 9.97 Å². The molecule has 3 rings (SSSR count). The number of rotatable bonds is 5. The van der Waals surface area contributed by atoms with Crippen molar-refractivity contribution in [2.24, 2.45) is 0 Å². The van der Waals surface area contributed by atoms with E-state index in [-0.39, 0.29) is 12.3 Å². The first kappa shape index (κ1) is 17.2. The average Bonchev–Trinajstić information content (AvgIpc) is 3.01. The monoisotopic (exact) mass is 345 g/mol. The number of hydrogen-bond acceptors (Lipinski definition) is 5. The fourth-order valence-electron chi connectivity index (χ4n) is 2.80. The molecule has 1 aliphatic heterocycles. The summed E-state index contributed by atoms with van der Waals surface area (Å²) in [5.41, 5.74) is 4.46. The van der Waals surface area contributed by atoms with E-state index < -0.39 is 0 Å². The first-order chi connectivity index (χ1) is 11.5. The normalized spacial score (nSPS) is 20.3. The highest BCUT2D eigenvalue weighted by Crippen LogP contribution is 2.23. The molecule has 6 heteroatoms. The number of hydrogen-bond donors (Lipinski definition) is 1. The highest BCUT2D eigenvalue weighted by Gasteiger charge is 2.30. The predicted molar refractivity (Wildman–Crippen MR) is 97.4 cm³/mol. The second-order valence-corrected chi connectivity index (χ2v) is 7.37. The zero-order chi connectivity index (χ0) is 17.1. The first-order valence-electron chi connectivity index (χ1n) is 8.22. The van der Waals surface area contributed by atoms with E-state index in [1.807, 2.05) is 19.9 Å². The molecular weight excluding hydrogens is 320 g/mol. The molecule has 0 spiro atoms. The fourth-order valence-corrected chi connectivity index (χ4v) is 3.77. The van der Waals surface area contributed by atoms with Crippen LogP contribution in [0.25, 0.3) is 0 Å². The van der Waals surface area contributed by atoms with Crippen LogP contribution in [-0.2, 0) is 4.74 Å². The molecule has 24 heavy (non-hydrogen) atoms. The van der Waals surface area contributed by atoms with Crippen molar-refractivity contribution in [1.82, 2.24) is 9.97 Å². The number of nitrogens with two attached hydrogens (primary N) is 1. The minimum Gasteiger partial charge on any atom is -0.378 e. The highest BCUT2D eigenvalue weighted by molar-refractivity contribution is 7.99. The number of aryl methyl sites for hydroxylation is 2. The Bertz CT molecular complexity index is 670. The van der Waals surface area contributed by atoms with Gasteiger partial charge in [-0.15, -0.1) is 0 Å². The molecule has 128 valence electrons. The van der Waals surface area contributed by atoms with Crippen molar-refractivity contribution in [1.29, 1.82) is 0 Å². The van der Waals surface area contributed by atoms with Crippen LogP contribution in [0, 0.1) is 13.8 Å². The number of quaternary nitrogens is 1. The Labute approximate surface area is 147 Å². The maximum atomic E-state index is 6.18. The zero-order valence-corrected chi connectivity index (χ0v) is 15.5. The van der Waals surface area contributed by atoms with Crippen LogP contribution in [0.2, 0.25) is 0 Å². The summed E-state index contributed by atoms with van der Waals surface area (Å²) in [6.07, 6.45) is 0.310. The van der Waals surface area contributed by atoms with E-state index in [2.05, 4.69) is 58.5 Å². The lowest BCUT2D eigenvalue weighted by Crippen LogP contribution is -2.82. The molecule has 2 heterocycles. The molecule has 1 aromatic heterocycles. The van der Waals surface area contributed by atoms with E-state index in [0.29, 0.717) is 0 Å². The lowest BCUT2D eigenvalue weighted by molar-refractivity contribution is -0.697. The van der Waals surface area contributed by atoms with Gasteiger partial charge >= 0.3 is 0 Å². The summed E-state index contributed by atoms with van der Waals surface area (Å²) >= 11 is 1.68. The molecular formula is C18H25N4OS+. The molecule has 0 saturated carbocycles. The van der Waals surface area contributed by atoms with Crippen LogP contribution in [0.5, 0.6) is 0 Å². The Morgan fingerprint density at radius 2 is 1.83 bits per heavy atom. The molecule has 2 N–H and O–H groups in total. The molecule has 0 radical (unpaired) electrons. The summed E-state index contributed by atoms with van der Waals surface area (Å²) in [5, 5.41) is 3.10. The largest absolute Gasteiger partial charge is 0.378 e. The van der Waals surface area contributed by atoms with Crippen LogP contribution >= 0.6 is 11.8 Å². The topological polar surface area (TPSA) is 54.9 Å². The first-order valence-corrected chi connectivity index (χ1v) is 9.21. The van der Waals surface area contributed by atoms with Gasteiger partial charge in [0.2, 0.25) is 6.23 Å². The van der Waals surface area contributed by atoms with Crippen molar-refractivity contribution in [3.63, 3.8) is 0 Å². The zero-order valence-electron chi connectivity index (χ0n) is 14.7. The SMILES string of the molecule is Cc1cc(C)nc(SC[C@@H]2C[NH2+][C@@H](c3ccc(N(C)C)cc3)O2)n1. The summed E-state index contributed by atoms with van der Waals surface area (Å²) in [6, 6.07) is 10.6. The van der Waals surface area contributed by atoms with Crippen molar-refractivity contribution < 1.29 is 10.1 Å². The quantitative estimate of drug-likeness (QED) is 0.663.